The average molecular weight is 462 g/mol. The Hall–Kier alpha value is -1.02. The molecule has 8 heteroatoms. The molecule has 1 fully saturated rings. The summed E-state index contributed by atoms with van der Waals surface area (Å²) >= 11 is 10.1. The number of benzene rings is 1. The molecule has 0 spiro atoms. The van der Waals surface area contributed by atoms with Crippen LogP contribution in [0.5, 0.6) is 5.75 Å². The number of halogens is 2. The van der Waals surface area contributed by atoms with Crippen LogP contribution in [0.15, 0.2) is 10.5 Å². The molecule has 1 amide bonds. The fourth-order valence-corrected chi connectivity index (χ4v) is 4.11. The number of fused-ring (bicyclic) bond motifs is 2. The van der Waals surface area contributed by atoms with E-state index in [9.17, 15) is 4.79 Å². The number of ether oxygens (including phenoxy) is 3. The average Bonchev–Trinajstić information content (AvgIpc) is 2.76. The van der Waals surface area contributed by atoms with Crippen LogP contribution in [0.3, 0.4) is 0 Å². The van der Waals surface area contributed by atoms with E-state index in [1.54, 1.807) is 12.0 Å². The highest BCUT2D eigenvalue weighted by Crippen LogP contribution is 2.40. The zero-order chi connectivity index (χ0) is 19.8. The Morgan fingerprint density at radius 2 is 2.15 bits per heavy atom. The summed E-state index contributed by atoms with van der Waals surface area (Å²) in [5.74, 6) is 0.710. The highest BCUT2D eigenvalue weighted by Gasteiger charge is 2.35. The van der Waals surface area contributed by atoms with E-state index < -0.39 is 5.60 Å². The second-order valence-corrected chi connectivity index (χ2v) is 9.12. The van der Waals surface area contributed by atoms with E-state index in [4.69, 9.17) is 25.8 Å². The molecule has 0 N–H and O–H groups in total. The monoisotopic (exact) mass is 460 g/mol. The molecule has 1 aromatic rings. The minimum absolute atomic E-state index is 0.0967. The Kier molecular flexibility index (Phi) is 6.25. The highest BCUT2D eigenvalue weighted by atomic mass is 79.9. The van der Waals surface area contributed by atoms with Gasteiger partial charge in [-0.05, 0) is 48.3 Å². The molecular formula is C19H26BrClN2O4. The first-order valence-corrected chi connectivity index (χ1v) is 10.2. The topological polar surface area (TPSA) is 51.2 Å². The Labute approximate surface area is 173 Å². The van der Waals surface area contributed by atoms with Crippen LogP contribution in [0.1, 0.15) is 31.9 Å². The third kappa shape index (κ3) is 4.70. The summed E-state index contributed by atoms with van der Waals surface area (Å²) in [6.45, 7) is 9.29. The lowest BCUT2D eigenvalue weighted by atomic mass is 10.1. The van der Waals surface area contributed by atoms with E-state index in [0.29, 0.717) is 37.1 Å². The molecule has 0 saturated carbocycles. The molecule has 150 valence electrons. The SMILES string of the molecule is COCc1cc2c(c(Cl)c1Br)OC[C@H]1CN(C(=O)OC(C)(C)C)CCN1C2. The van der Waals surface area contributed by atoms with Gasteiger partial charge < -0.3 is 19.1 Å². The normalized spacial score (nSPS) is 20.4. The van der Waals surface area contributed by atoms with Gasteiger partial charge in [-0.3, -0.25) is 4.90 Å². The van der Waals surface area contributed by atoms with Gasteiger partial charge in [-0.1, -0.05) is 11.6 Å². The highest BCUT2D eigenvalue weighted by molar-refractivity contribution is 9.10. The van der Waals surface area contributed by atoms with Crippen LogP contribution in [0.25, 0.3) is 0 Å². The van der Waals surface area contributed by atoms with Crippen LogP contribution in [-0.2, 0) is 22.6 Å². The summed E-state index contributed by atoms with van der Waals surface area (Å²) in [4.78, 5) is 16.5. The largest absolute Gasteiger partial charge is 0.490 e. The first kappa shape index (κ1) is 20.7. The van der Waals surface area contributed by atoms with Crippen molar-refractivity contribution in [3.05, 3.63) is 26.7 Å². The van der Waals surface area contributed by atoms with Gasteiger partial charge in [-0.25, -0.2) is 4.79 Å². The van der Waals surface area contributed by atoms with Crippen LogP contribution in [-0.4, -0.2) is 60.9 Å². The first-order valence-electron chi connectivity index (χ1n) is 9.03. The zero-order valence-corrected chi connectivity index (χ0v) is 18.5. The summed E-state index contributed by atoms with van der Waals surface area (Å²) < 4.78 is 17.7. The lowest BCUT2D eigenvalue weighted by Crippen LogP contribution is -2.56. The number of amides is 1. The first-order chi connectivity index (χ1) is 12.7. The van der Waals surface area contributed by atoms with Crippen LogP contribution >= 0.6 is 27.5 Å². The van der Waals surface area contributed by atoms with Crippen LogP contribution in [0.4, 0.5) is 4.79 Å². The third-order valence-corrected chi connectivity index (χ3v) is 6.16. The number of nitrogens with zero attached hydrogens (tertiary/aromatic N) is 2. The van der Waals surface area contributed by atoms with Gasteiger partial charge in [0.2, 0.25) is 0 Å². The molecular weight excluding hydrogens is 436 g/mol. The maximum atomic E-state index is 12.4. The van der Waals surface area contributed by atoms with Gasteiger partial charge in [0.1, 0.15) is 18.0 Å². The van der Waals surface area contributed by atoms with Crippen molar-refractivity contribution in [2.24, 2.45) is 0 Å². The van der Waals surface area contributed by atoms with E-state index in [1.807, 2.05) is 20.8 Å². The maximum Gasteiger partial charge on any atom is 0.410 e. The zero-order valence-electron chi connectivity index (χ0n) is 16.2. The maximum absolute atomic E-state index is 12.4. The molecule has 0 radical (unpaired) electrons. The molecule has 27 heavy (non-hydrogen) atoms. The molecule has 2 aliphatic heterocycles. The smallest absolute Gasteiger partial charge is 0.410 e. The number of hydrogen-bond donors (Lipinski definition) is 0. The minimum Gasteiger partial charge on any atom is -0.490 e. The number of carbonyl (C=O) groups is 1. The van der Waals surface area contributed by atoms with Gasteiger partial charge in [0, 0.05) is 43.3 Å². The van der Waals surface area contributed by atoms with E-state index in [-0.39, 0.29) is 12.1 Å². The lowest BCUT2D eigenvalue weighted by molar-refractivity contribution is -0.00154. The summed E-state index contributed by atoms with van der Waals surface area (Å²) in [7, 11) is 1.66. The molecule has 2 aliphatic rings. The Bertz CT molecular complexity index is 723. The van der Waals surface area contributed by atoms with Crippen LogP contribution in [0, 0.1) is 0 Å². The summed E-state index contributed by atoms with van der Waals surface area (Å²) in [6, 6.07) is 2.18. The molecule has 1 saturated heterocycles. The predicted molar refractivity (Wildman–Crippen MR) is 107 cm³/mol. The van der Waals surface area contributed by atoms with Gasteiger partial charge in [0.15, 0.2) is 0 Å². The number of rotatable bonds is 2. The predicted octanol–water partition coefficient (Wildman–Crippen LogP) is 4.06. The second-order valence-electron chi connectivity index (χ2n) is 7.95. The molecule has 1 aromatic carbocycles. The Balaban J connectivity index is 1.76. The van der Waals surface area contributed by atoms with E-state index in [1.165, 1.54) is 0 Å². The van der Waals surface area contributed by atoms with Gasteiger partial charge in [-0.15, -0.1) is 0 Å². The van der Waals surface area contributed by atoms with Crippen molar-refractivity contribution in [3.8, 4) is 5.75 Å². The van der Waals surface area contributed by atoms with E-state index in [0.717, 1.165) is 28.7 Å². The van der Waals surface area contributed by atoms with Crippen molar-refractivity contribution in [1.29, 1.82) is 0 Å². The van der Waals surface area contributed by atoms with Gasteiger partial charge in [-0.2, -0.15) is 0 Å². The quantitative estimate of drug-likeness (QED) is 0.665. The van der Waals surface area contributed by atoms with E-state index >= 15 is 0 Å². The fourth-order valence-electron chi connectivity index (χ4n) is 3.40. The Morgan fingerprint density at radius 1 is 1.41 bits per heavy atom. The van der Waals surface area contributed by atoms with E-state index in [2.05, 4.69) is 26.9 Å². The van der Waals surface area contributed by atoms with Crippen molar-refractivity contribution >= 4 is 33.6 Å². The number of hydrogen-bond acceptors (Lipinski definition) is 5. The third-order valence-electron chi connectivity index (χ3n) is 4.66. The minimum atomic E-state index is -0.498. The summed E-state index contributed by atoms with van der Waals surface area (Å²) in [5, 5.41) is 0.573. The fraction of sp³-hybridized carbons (Fsp3) is 0.632. The molecule has 6 nitrogen and oxygen atoms in total. The molecule has 0 aromatic heterocycles. The molecule has 3 rings (SSSR count). The molecule has 1 atom stereocenters. The van der Waals surface area contributed by atoms with Gasteiger partial charge >= 0.3 is 6.09 Å². The lowest BCUT2D eigenvalue weighted by Gasteiger charge is -2.40. The molecule has 0 bridgehead atoms. The summed E-state index contributed by atoms with van der Waals surface area (Å²) in [6.07, 6.45) is -0.271. The molecule has 0 unspecified atom stereocenters. The van der Waals surface area contributed by atoms with Gasteiger partial charge in [0.05, 0.1) is 17.7 Å². The standard InChI is InChI=1S/C19H26BrClN2O4/c1-19(2,3)27-18(24)23-6-5-22-8-12-7-13(10-25-4)15(20)16(21)17(12)26-11-14(22)9-23/h7,14H,5-6,8-11H2,1-4H3/t14-/m1/s1. The van der Waals surface area contributed by atoms with Crippen molar-refractivity contribution in [3.63, 3.8) is 0 Å². The summed E-state index contributed by atoms with van der Waals surface area (Å²) in [5.41, 5.74) is 1.54. The van der Waals surface area contributed by atoms with Crippen molar-refractivity contribution in [2.45, 2.75) is 45.6 Å². The van der Waals surface area contributed by atoms with Crippen molar-refractivity contribution < 1.29 is 19.0 Å². The number of carbonyl (C=O) groups excluding carboxylic acids is 1. The molecule has 2 heterocycles. The second kappa shape index (κ2) is 8.15. The Morgan fingerprint density at radius 3 is 2.81 bits per heavy atom. The van der Waals surface area contributed by atoms with Crippen LogP contribution in [0.2, 0.25) is 5.02 Å². The van der Waals surface area contributed by atoms with Crippen molar-refractivity contribution in [2.75, 3.05) is 33.4 Å². The molecule has 0 aliphatic carbocycles. The van der Waals surface area contributed by atoms with Crippen molar-refractivity contribution in [1.82, 2.24) is 9.80 Å². The number of methoxy groups -OCH3 is 1. The number of piperazine rings is 1. The van der Waals surface area contributed by atoms with Gasteiger partial charge in [0.25, 0.3) is 0 Å². The van der Waals surface area contributed by atoms with Crippen LogP contribution < -0.4 is 4.74 Å².